The van der Waals surface area contributed by atoms with Crippen LogP contribution >= 0.6 is 0 Å². The summed E-state index contributed by atoms with van der Waals surface area (Å²) in [5, 5.41) is 86.5. The Morgan fingerprint density at radius 1 is 1.05 bits per heavy atom. The Morgan fingerprint density at radius 2 is 1.68 bits per heavy atom. The number of carbonyl (C=O) groups is 2. The quantitative estimate of drug-likeness (QED) is 0.104. The van der Waals surface area contributed by atoms with Crippen molar-refractivity contribution < 1.29 is 113 Å². The van der Waals surface area contributed by atoms with Crippen molar-refractivity contribution in [2.45, 2.75) is 114 Å². The molecule has 44 heavy (non-hydrogen) atoms. The van der Waals surface area contributed by atoms with Crippen LogP contribution in [-0.2, 0) is 28.5 Å². The van der Waals surface area contributed by atoms with Crippen LogP contribution in [0, 0.1) is 66.7 Å². The average molecular weight is 844 g/mol. The van der Waals surface area contributed by atoms with Gasteiger partial charge in [0.05, 0.1) is 42.5 Å². The topological polar surface area (TPSA) is 233 Å². The molecule has 3 aliphatic carbocycles. The van der Waals surface area contributed by atoms with E-state index in [0.29, 0.717) is 5.57 Å². The predicted octanol–water partition coefficient (Wildman–Crippen LogP) is -2.71. The summed E-state index contributed by atoms with van der Waals surface area (Å²) in [6, 6.07) is 0. The Kier molecular flexibility index (Phi) is 10.3. The fourth-order valence-electron chi connectivity index (χ4n) is 8.60. The summed E-state index contributed by atoms with van der Waals surface area (Å²) in [5.74, 6) is -3.71. The van der Waals surface area contributed by atoms with Crippen LogP contribution in [0.2, 0.25) is 0 Å². The minimum absolute atomic E-state index is 0. The van der Waals surface area contributed by atoms with E-state index in [1.54, 1.807) is 27.7 Å². The van der Waals surface area contributed by atoms with Crippen molar-refractivity contribution in [2.75, 3.05) is 19.8 Å². The summed E-state index contributed by atoms with van der Waals surface area (Å²) in [6.07, 6.45) is -13.3. The predicted molar refractivity (Wildman–Crippen MR) is 143 cm³/mol. The van der Waals surface area contributed by atoms with Gasteiger partial charge in [0.15, 0.2) is 18.2 Å². The molecule has 1 radical (unpaired) electrons. The van der Waals surface area contributed by atoms with Crippen LogP contribution in [-0.4, -0.2) is 139 Å². The van der Waals surface area contributed by atoms with Gasteiger partial charge in [-0.3, -0.25) is 4.79 Å². The van der Waals surface area contributed by atoms with E-state index in [0.717, 1.165) is 0 Å². The summed E-state index contributed by atoms with van der Waals surface area (Å²) in [4.78, 5) is 27.9. The average Bonchev–Trinajstić information content (AvgIpc) is 2.94. The molecule has 15 heteroatoms. The SMILES string of the molecule is CC1=C2C(OC(=O)COC3OC(CO)C(O)C(O)C3O)C(=O)[C@]3(C)C(O)CC4OC[C@@]4(O)C3[C@H](C)C(O)(CC1O)C2(C)C.[Ac]. The van der Waals surface area contributed by atoms with E-state index in [1.165, 1.54) is 6.92 Å². The Labute approximate surface area is 290 Å². The number of aliphatic hydroxyl groups excluding tert-OH is 6. The second-order valence-corrected chi connectivity index (χ2v) is 13.7. The van der Waals surface area contributed by atoms with E-state index >= 15 is 0 Å². The number of carbonyl (C=O) groups excluding carboxylic acids is 2. The summed E-state index contributed by atoms with van der Waals surface area (Å²) >= 11 is 0. The smallest absolute Gasteiger partial charge is 0.333 e. The molecule has 0 aromatic carbocycles. The number of hydrogen-bond acceptors (Lipinski definition) is 14. The van der Waals surface area contributed by atoms with Gasteiger partial charge < -0.3 is 59.8 Å². The van der Waals surface area contributed by atoms with E-state index in [4.69, 9.17) is 18.9 Å². The molecular formula is C29H44AcO14. The van der Waals surface area contributed by atoms with Gasteiger partial charge >= 0.3 is 5.97 Å². The zero-order valence-corrected chi connectivity index (χ0v) is 30.2. The summed E-state index contributed by atoms with van der Waals surface area (Å²) < 4.78 is 21.9. The fraction of sp³-hybridized carbons (Fsp3) is 0.862. The van der Waals surface area contributed by atoms with Crippen LogP contribution < -0.4 is 0 Å². The van der Waals surface area contributed by atoms with Crippen molar-refractivity contribution in [3.8, 4) is 0 Å². The van der Waals surface area contributed by atoms with E-state index in [1.807, 2.05) is 0 Å². The van der Waals surface area contributed by atoms with Crippen LogP contribution in [0.3, 0.4) is 0 Å². The Morgan fingerprint density at radius 3 is 2.25 bits per heavy atom. The van der Waals surface area contributed by atoms with Gasteiger partial charge in [0, 0.05) is 68.2 Å². The van der Waals surface area contributed by atoms with E-state index in [2.05, 4.69) is 0 Å². The largest absolute Gasteiger partial charge is 0.448 e. The number of aliphatic hydroxyl groups is 8. The van der Waals surface area contributed by atoms with Gasteiger partial charge in [-0.15, -0.1) is 0 Å². The van der Waals surface area contributed by atoms with Gasteiger partial charge in [0.25, 0.3) is 0 Å². The van der Waals surface area contributed by atoms with Gasteiger partial charge in [-0.2, -0.15) is 0 Å². The summed E-state index contributed by atoms with van der Waals surface area (Å²) in [6.45, 7) is 6.37. The monoisotopic (exact) mass is 843 g/mol. The third-order valence-corrected chi connectivity index (χ3v) is 11.3. The van der Waals surface area contributed by atoms with Crippen molar-refractivity contribution in [3.63, 3.8) is 0 Å². The maximum atomic E-state index is 14.6. The van der Waals surface area contributed by atoms with Crippen LogP contribution in [0.5, 0.6) is 0 Å². The zero-order valence-electron chi connectivity index (χ0n) is 25.5. The zero-order chi connectivity index (χ0) is 32.0. The van der Waals surface area contributed by atoms with Crippen molar-refractivity contribution in [1.29, 1.82) is 0 Å². The molecule has 5 rings (SSSR count). The molecule has 14 nitrogen and oxygen atoms in total. The molecule has 2 saturated heterocycles. The third kappa shape index (κ3) is 5.12. The number of esters is 1. The molecular weight excluding hydrogens is 799 g/mol. The third-order valence-electron chi connectivity index (χ3n) is 11.3. The summed E-state index contributed by atoms with van der Waals surface area (Å²) in [7, 11) is 0. The maximum absolute atomic E-state index is 14.6. The van der Waals surface area contributed by atoms with Gasteiger partial charge in [-0.05, 0) is 30.9 Å². The molecule has 2 bridgehead atoms. The van der Waals surface area contributed by atoms with Crippen LogP contribution in [0.4, 0.5) is 0 Å². The van der Waals surface area contributed by atoms with Crippen LogP contribution in [0.15, 0.2) is 11.1 Å². The first-order valence-electron chi connectivity index (χ1n) is 14.7. The van der Waals surface area contributed by atoms with Gasteiger partial charge in [-0.1, -0.05) is 20.8 Å². The van der Waals surface area contributed by atoms with E-state index in [-0.39, 0.29) is 69.1 Å². The number of fused-ring (bicyclic) bond motifs is 5. The number of Topliss-reactive ketones (excluding diaryl/α,β-unsaturated/α-hetero) is 1. The van der Waals surface area contributed by atoms with Crippen molar-refractivity contribution >= 4 is 11.8 Å². The summed E-state index contributed by atoms with van der Waals surface area (Å²) in [5.41, 5.74) is -5.80. The van der Waals surface area contributed by atoms with Crippen molar-refractivity contribution in [3.05, 3.63) is 11.1 Å². The first kappa shape index (κ1) is 36.7. The van der Waals surface area contributed by atoms with Crippen LogP contribution in [0.25, 0.3) is 0 Å². The second-order valence-electron chi connectivity index (χ2n) is 13.7. The van der Waals surface area contributed by atoms with Crippen LogP contribution in [0.1, 0.15) is 47.5 Å². The standard InChI is InChI=1S/C29H44O14.Ac/c1-11-13(31)7-29(39)12(2)23-27(5,15(32)6-16-28(23,38)10-41-16)24(37)22(18(11)26(29,3)4)43-17(33)9-40-25-21(36)20(35)19(34)14(8-30)42-25;/h12-16,19-23,25,30-32,34-36,38-39H,6-10H2,1-5H3;/t12-,13?,14?,15?,16?,19?,20?,21?,22?,23?,25?,27+,28-,29?;/m0./s1. The van der Waals surface area contributed by atoms with E-state index in [9.17, 15) is 50.4 Å². The molecule has 2 heterocycles. The number of rotatable bonds is 5. The van der Waals surface area contributed by atoms with Gasteiger partial charge in [-0.25, -0.2) is 4.79 Å². The molecule has 2 aliphatic heterocycles. The Hall–Kier alpha value is -0.118. The van der Waals surface area contributed by atoms with Gasteiger partial charge in [0.2, 0.25) is 0 Å². The minimum atomic E-state index is -1.78. The molecule has 0 aromatic heterocycles. The second kappa shape index (κ2) is 12.4. The van der Waals surface area contributed by atoms with Gasteiger partial charge in [0.1, 0.15) is 36.6 Å². The molecule has 8 N–H and O–H groups in total. The molecule has 0 aromatic rings. The Bertz CT molecular complexity index is 1180. The molecule has 0 amide bonds. The Balaban J connectivity index is 0.00000442. The molecule has 247 valence electrons. The number of ether oxygens (including phenoxy) is 4. The molecule has 2 saturated carbocycles. The molecule has 14 atom stereocenters. The number of hydrogen-bond donors (Lipinski definition) is 8. The van der Waals surface area contributed by atoms with Crippen molar-refractivity contribution in [2.24, 2.45) is 22.7 Å². The van der Waals surface area contributed by atoms with Crippen molar-refractivity contribution in [1.82, 2.24) is 0 Å². The molecule has 0 spiro atoms. The molecule has 5 aliphatic rings. The van der Waals surface area contributed by atoms with E-state index < -0.39 is 114 Å². The normalized spacial score (nSPS) is 49.8. The minimum Gasteiger partial charge on any atom is -0.448 e. The fourth-order valence-corrected chi connectivity index (χ4v) is 8.60. The molecule has 11 unspecified atom stereocenters. The first-order valence-corrected chi connectivity index (χ1v) is 14.7. The number of ketones is 1. The maximum Gasteiger partial charge on any atom is 0.333 e. The first-order chi connectivity index (χ1) is 19.9. The molecule has 4 fully saturated rings.